The number of nitrogens with one attached hydrogen (secondary N) is 3. The number of carbonyl (C=O) groups is 1. The lowest BCUT2D eigenvalue weighted by Crippen LogP contribution is -2.40. The zero-order valence-corrected chi connectivity index (χ0v) is 20.9. The van der Waals surface area contributed by atoms with E-state index in [4.69, 9.17) is 0 Å². The highest BCUT2D eigenvalue weighted by molar-refractivity contribution is 7.59. The van der Waals surface area contributed by atoms with Gasteiger partial charge >= 0.3 is 12.4 Å². The number of pyridine rings is 1. The van der Waals surface area contributed by atoms with Crippen LogP contribution < -0.4 is 10.6 Å². The first-order valence-corrected chi connectivity index (χ1v) is 10.6. The number of anilines is 1. The summed E-state index contributed by atoms with van der Waals surface area (Å²) < 4.78 is 78.1. The third kappa shape index (κ3) is 6.78. The van der Waals surface area contributed by atoms with E-state index in [1.165, 1.54) is 6.33 Å². The molecule has 1 fully saturated rings. The van der Waals surface area contributed by atoms with Crippen molar-refractivity contribution in [3.8, 4) is 0 Å². The molecule has 1 amide bonds. The predicted octanol–water partition coefficient (Wildman–Crippen LogP) is 5.68. The molecule has 1 aliphatic rings. The topological polar surface area (TPSA) is 82.7 Å². The van der Waals surface area contributed by atoms with Crippen LogP contribution in [0.5, 0.6) is 0 Å². The standard InChI is InChI=1S/C22H21F6N5O.2H2S/c1-11-6-16-17(30-10-29-16)9-15(11)20(34)32-13-4-2-12(3-5-13)31-14-7-18(21(23,24)25)33-19(8-14)22(26,27)28;;/h6-10,12-13H,2-5H2,1H3,(H,29,30)(H,31,33)(H,32,34);2*1H2. The van der Waals surface area contributed by atoms with Crippen LogP contribution in [0.4, 0.5) is 32.0 Å². The van der Waals surface area contributed by atoms with Crippen LogP contribution in [0.3, 0.4) is 0 Å². The highest BCUT2D eigenvalue weighted by atomic mass is 32.1. The summed E-state index contributed by atoms with van der Waals surface area (Å²) >= 11 is 0. The molecule has 1 aliphatic carbocycles. The number of hydrogen-bond acceptors (Lipinski definition) is 4. The Morgan fingerprint density at radius 1 is 0.917 bits per heavy atom. The second kappa shape index (κ2) is 11.2. The zero-order valence-electron chi connectivity index (χ0n) is 18.9. The maximum absolute atomic E-state index is 13.0. The van der Waals surface area contributed by atoms with Crippen molar-refractivity contribution in [3.63, 3.8) is 0 Å². The molecule has 14 heteroatoms. The van der Waals surface area contributed by atoms with Crippen molar-refractivity contribution >= 4 is 49.6 Å². The average molecular weight is 554 g/mol. The monoisotopic (exact) mass is 553 g/mol. The average Bonchev–Trinajstić information content (AvgIpc) is 3.20. The fraction of sp³-hybridized carbons (Fsp3) is 0.409. The SMILES string of the molecule is Cc1cc2[nH]cnc2cc1C(=O)NC1CCC(Nc2cc(C(F)(F)F)nc(C(F)(F)F)c2)CC1.S.S. The minimum absolute atomic E-state index is 0. The van der Waals surface area contributed by atoms with Gasteiger partial charge in [-0.2, -0.15) is 53.3 Å². The minimum atomic E-state index is -5.00. The first-order chi connectivity index (χ1) is 15.9. The van der Waals surface area contributed by atoms with Gasteiger partial charge < -0.3 is 15.6 Å². The highest BCUT2D eigenvalue weighted by Crippen LogP contribution is 2.35. The number of aryl methyl sites for hydroxylation is 1. The summed E-state index contributed by atoms with van der Waals surface area (Å²) in [6, 6.07) is 4.20. The molecule has 0 spiro atoms. The minimum Gasteiger partial charge on any atom is -0.382 e. The second-order valence-electron chi connectivity index (χ2n) is 8.37. The number of amides is 1. The zero-order chi connectivity index (χ0) is 24.7. The Balaban J connectivity index is 0.00000228. The largest absolute Gasteiger partial charge is 0.433 e. The lowest BCUT2D eigenvalue weighted by atomic mass is 9.90. The Hall–Kier alpha value is -2.61. The summed E-state index contributed by atoms with van der Waals surface area (Å²) in [5.74, 6) is -0.252. The van der Waals surface area contributed by atoms with Gasteiger partial charge in [0.15, 0.2) is 0 Å². The molecular formula is C22H25F6N5OS2. The third-order valence-corrected chi connectivity index (χ3v) is 5.85. The van der Waals surface area contributed by atoms with Crippen LogP contribution in [0.1, 0.15) is 53.0 Å². The van der Waals surface area contributed by atoms with E-state index < -0.39 is 23.7 Å². The van der Waals surface area contributed by atoms with Crippen LogP contribution in [0, 0.1) is 6.92 Å². The van der Waals surface area contributed by atoms with Crippen LogP contribution in [-0.4, -0.2) is 32.9 Å². The molecule has 6 nitrogen and oxygen atoms in total. The molecule has 3 N–H and O–H groups in total. The van der Waals surface area contributed by atoms with Crippen LogP contribution >= 0.6 is 27.0 Å². The summed E-state index contributed by atoms with van der Waals surface area (Å²) in [5.41, 5.74) is -0.731. The fourth-order valence-corrected chi connectivity index (χ4v) is 4.12. The van der Waals surface area contributed by atoms with Crippen molar-refractivity contribution in [3.05, 3.63) is 53.1 Å². The quantitative estimate of drug-likeness (QED) is 0.363. The second-order valence-corrected chi connectivity index (χ2v) is 8.37. The van der Waals surface area contributed by atoms with Crippen molar-refractivity contribution in [2.75, 3.05) is 5.32 Å². The molecule has 0 atom stereocenters. The lowest BCUT2D eigenvalue weighted by molar-refractivity contribution is -0.150. The Morgan fingerprint density at radius 3 is 2.03 bits per heavy atom. The van der Waals surface area contributed by atoms with Crippen molar-refractivity contribution < 1.29 is 31.1 Å². The number of aromatic amines is 1. The van der Waals surface area contributed by atoms with E-state index in [1.54, 1.807) is 6.07 Å². The Bertz CT molecular complexity index is 1170. The molecule has 36 heavy (non-hydrogen) atoms. The van der Waals surface area contributed by atoms with Crippen LogP contribution in [-0.2, 0) is 12.4 Å². The smallest absolute Gasteiger partial charge is 0.382 e. The van der Waals surface area contributed by atoms with E-state index in [0.717, 1.165) is 11.1 Å². The third-order valence-electron chi connectivity index (χ3n) is 5.85. The Morgan fingerprint density at radius 2 is 1.47 bits per heavy atom. The van der Waals surface area contributed by atoms with Crippen molar-refractivity contribution in [1.82, 2.24) is 20.3 Å². The molecule has 0 saturated heterocycles. The van der Waals surface area contributed by atoms with Crippen LogP contribution in [0.2, 0.25) is 0 Å². The van der Waals surface area contributed by atoms with Crippen LogP contribution in [0.25, 0.3) is 11.0 Å². The molecule has 1 aromatic carbocycles. The maximum atomic E-state index is 13.0. The number of alkyl halides is 6. The van der Waals surface area contributed by atoms with Gasteiger partial charge in [-0.1, -0.05) is 0 Å². The lowest BCUT2D eigenvalue weighted by Gasteiger charge is -2.30. The molecule has 3 aromatic rings. The maximum Gasteiger partial charge on any atom is 0.433 e. The summed E-state index contributed by atoms with van der Waals surface area (Å²) in [4.78, 5) is 22.6. The predicted molar refractivity (Wildman–Crippen MR) is 133 cm³/mol. The number of carbonyl (C=O) groups excluding carboxylic acids is 1. The summed E-state index contributed by atoms with van der Waals surface area (Å²) in [5, 5.41) is 5.74. The van der Waals surface area contributed by atoms with Gasteiger partial charge in [-0.15, -0.1) is 0 Å². The number of nitrogens with zero attached hydrogens (tertiary/aromatic N) is 2. The number of H-pyrrole nitrogens is 1. The van der Waals surface area contributed by atoms with Gasteiger partial charge in [0.1, 0.15) is 11.4 Å². The Kier molecular flexibility index (Phi) is 9.21. The number of aromatic nitrogens is 3. The summed E-state index contributed by atoms with van der Waals surface area (Å²) in [7, 11) is 0. The molecule has 2 heterocycles. The Labute approximate surface area is 216 Å². The van der Waals surface area contributed by atoms with E-state index in [1.807, 2.05) is 13.0 Å². The molecule has 1 saturated carbocycles. The number of imidazole rings is 1. The van der Waals surface area contributed by atoms with Crippen molar-refractivity contribution in [1.29, 1.82) is 0 Å². The molecule has 0 aliphatic heterocycles. The number of rotatable bonds is 4. The number of hydrogen-bond donors (Lipinski definition) is 3. The summed E-state index contributed by atoms with van der Waals surface area (Å²) in [6.07, 6.45) is -6.49. The number of benzene rings is 1. The molecule has 4 rings (SSSR count). The van der Waals surface area contributed by atoms with Gasteiger partial charge in [-0.05, 0) is 62.4 Å². The van der Waals surface area contributed by atoms with Crippen molar-refractivity contribution in [2.24, 2.45) is 0 Å². The molecular weight excluding hydrogens is 528 g/mol. The molecule has 2 aromatic heterocycles. The van der Waals surface area contributed by atoms with Crippen LogP contribution in [0.15, 0.2) is 30.6 Å². The van der Waals surface area contributed by atoms with Gasteiger partial charge in [-0.3, -0.25) is 4.79 Å². The fourth-order valence-electron chi connectivity index (χ4n) is 4.12. The first-order valence-electron chi connectivity index (χ1n) is 10.6. The normalized spacial score (nSPS) is 18.2. The van der Waals surface area contributed by atoms with E-state index in [2.05, 4.69) is 25.6 Å². The first kappa shape index (κ1) is 29.6. The highest BCUT2D eigenvalue weighted by Gasteiger charge is 2.39. The van der Waals surface area contributed by atoms with E-state index in [0.29, 0.717) is 48.9 Å². The van der Waals surface area contributed by atoms with E-state index >= 15 is 0 Å². The van der Waals surface area contributed by atoms with Gasteiger partial charge in [0.2, 0.25) is 0 Å². The van der Waals surface area contributed by atoms with Gasteiger partial charge in [-0.25, -0.2) is 9.97 Å². The number of halogens is 6. The van der Waals surface area contributed by atoms with Gasteiger partial charge in [0.05, 0.1) is 17.4 Å². The van der Waals surface area contributed by atoms with Crippen molar-refractivity contribution in [2.45, 2.75) is 57.0 Å². The van der Waals surface area contributed by atoms with E-state index in [-0.39, 0.29) is 50.7 Å². The van der Waals surface area contributed by atoms with Gasteiger partial charge in [0.25, 0.3) is 5.91 Å². The summed E-state index contributed by atoms with van der Waals surface area (Å²) in [6.45, 7) is 1.81. The molecule has 0 unspecified atom stereocenters. The van der Waals surface area contributed by atoms with Gasteiger partial charge in [0, 0.05) is 23.3 Å². The number of fused-ring (bicyclic) bond motifs is 1. The van der Waals surface area contributed by atoms with E-state index in [9.17, 15) is 31.1 Å². The molecule has 0 bridgehead atoms. The molecule has 0 radical (unpaired) electrons. The molecule has 198 valence electrons.